The highest BCUT2D eigenvalue weighted by Crippen LogP contribution is 2.33. The molecule has 0 spiro atoms. The zero-order valence-electron chi connectivity index (χ0n) is 12.7. The number of benzene rings is 2. The number of rotatable bonds is 3. The summed E-state index contributed by atoms with van der Waals surface area (Å²) in [6.45, 7) is 6.30. The molecule has 0 fully saturated rings. The van der Waals surface area contributed by atoms with Crippen molar-refractivity contribution in [1.82, 2.24) is 4.98 Å². The second-order valence-corrected chi connectivity index (χ2v) is 5.54. The normalized spacial score (nSPS) is 11.0. The van der Waals surface area contributed by atoms with Crippen molar-refractivity contribution in [3.8, 4) is 11.3 Å². The largest absolute Gasteiger partial charge is 0.354 e. The smallest absolute Gasteiger partial charge is 0.152 e. The lowest BCUT2D eigenvalue weighted by molar-refractivity contribution is 0.112. The first kappa shape index (κ1) is 13.6. The lowest BCUT2D eigenvalue weighted by Crippen LogP contribution is -1.89. The Balaban J connectivity index is 2.34. The predicted octanol–water partition coefficient (Wildman–Crippen LogP) is 4.83. The Kier molecular flexibility index (Phi) is 3.38. The van der Waals surface area contributed by atoms with Gasteiger partial charge in [-0.2, -0.15) is 0 Å². The third kappa shape index (κ3) is 2.17. The number of fused-ring (bicyclic) bond motifs is 1. The third-order valence-electron chi connectivity index (χ3n) is 4.11. The maximum absolute atomic E-state index is 11.6. The van der Waals surface area contributed by atoms with Crippen LogP contribution < -0.4 is 0 Å². The van der Waals surface area contributed by atoms with Crippen LogP contribution in [-0.2, 0) is 6.42 Å². The van der Waals surface area contributed by atoms with Crippen LogP contribution in [0.3, 0.4) is 0 Å². The fraction of sp³-hybridized carbons (Fsp3) is 0.211. The number of para-hydroxylation sites is 1. The standard InChI is InChI=1S/C19H19NO/c1-4-14-6-5-7-16-17(11-21)19(20-18(14)16)15-9-8-12(2)10-13(15)3/h5-11,20H,4H2,1-3H3. The van der Waals surface area contributed by atoms with Gasteiger partial charge in [-0.25, -0.2) is 0 Å². The van der Waals surface area contributed by atoms with Gasteiger partial charge in [-0.15, -0.1) is 0 Å². The average Bonchev–Trinajstić information content (AvgIpc) is 2.85. The summed E-state index contributed by atoms with van der Waals surface area (Å²) < 4.78 is 0. The highest BCUT2D eigenvalue weighted by Gasteiger charge is 2.15. The van der Waals surface area contributed by atoms with Gasteiger partial charge in [-0.05, 0) is 31.4 Å². The van der Waals surface area contributed by atoms with Gasteiger partial charge in [0.15, 0.2) is 6.29 Å². The van der Waals surface area contributed by atoms with Crippen molar-refractivity contribution in [3.05, 3.63) is 58.7 Å². The maximum Gasteiger partial charge on any atom is 0.152 e. The van der Waals surface area contributed by atoms with Gasteiger partial charge in [0.2, 0.25) is 0 Å². The van der Waals surface area contributed by atoms with E-state index >= 15 is 0 Å². The highest BCUT2D eigenvalue weighted by molar-refractivity contribution is 6.05. The van der Waals surface area contributed by atoms with Crippen LogP contribution in [0.25, 0.3) is 22.2 Å². The molecule has 0 bridgehead atoms. The first-order valence-electron chi connectivity index (χ1n) is 7.32. The number of aryl methyl sites for hydroxylation is 3. The lowest BCUT2D eigenvalue weighted by Gasteiger charge is -2.06. The van der Waals surface area contributed by atoms with E-state index in [1.807, 2.05) is 12.1 Å². The zero-order chi connectivity index (χ0) is 15.0. The molecule has 3 aromatic rings. The minimum Gasteiger partial charge on any atom is -0.354 e. The molecule has 0 saturated carbocycles. The number of H-pyrrole nitrogens is 1. The fourth-order valence-electron chi connectivity index (χ4n) is 3.02. The molecular weight excluding hydrogens is 258 g/mol. The van der Waals surface area contributed by atoms with Crippen LogP contribution in [0.1, 0.15) is 34.0 Å². The summed E-state index contributed by atoms with van der Waals surface area (Å²) in [6, 6.07) is 12.5. The molecule has 1 N–H and O–H groups in total. The van der Waals surface area contributed by atoms with Gasteiger partial charge in [-0.1, -0.05) is 48.9 Å². The molecule has 0 aliphatic carbocycles. The van der Waals surface area contributed by atoms with Crippen LogP contribution in [0, 0.1) is 13.8 Å². The van der Waals surface area contributed by atoms with Crippen molar-refractivity contribution >= 4 is 17.2 Å². The minimum absolute atomic E-state index is 0.757. The summed E-state index contributed by atoms with van der Waals surface area (Å²) >= 11 is 0. The zero-order valence-corrected chi connectivity index (χ0v) is 12.7. The summed E-state index contributed by atoms with van der Waals surface area (Å²) in [6.07, 6.45) is 1.91. The Morgan fingerprint density at radius 1 is 1.14 bits per heavy atom. The second kappa shape index (κ2) is 5.21. The van der Waals surface area contributed by atoms with E-state index in [0.29, 0.717) is 0 Å². The number of hydrogen-bond donors (Lipinski definition) is 1. The Morgan fingerprint density at radius 3 is 2.62 bits per heavy atom. The summed E-state index contributed by atoms with van der Waals surface area (Å²) in [5.41, 5.74) is 7.52. The van der Waals surface area contributed by atoms with Gasteiger partial charge in [0.05, 0.1) is 5.69 Å². The topological polar surface area (TPSA) is 32.9 Å². The molecule has 0 aliphatic rings. The molecule has 0 radical (unpaired) electrons. The van der Waals surface area contributed by atoms with Crippen LogP contribution in [-0.4, -0.2) is 11.3 Å². The molecule has 0 amide bonds. The summed E-state index contributed by atoms with van der Waals surface area (Å²) in [4.78, 5) is 15.1. The van der Waals surface area contributed by atoms with Crippen molar-refractivity contribution in [2.45, 2.75) is 27.2 Å². The van der Waals surface area contributed by atoms with Crippen molar-refractivity contribution in [3.63, 3.8) is 0 Å². The molecule has 0 atom stereocenters. The van der Waals surface area contributed by atoms with Gasteiger partial charge in [0, 0.05) is 22.0 Å². The van der Waals surface area contributed by atoms with Crippen LogP contribution >= 0.6 is 0 Å². The number of carbonyl (C=O) groups excluding carboxylic acids is 1. The maximum atomic E-state index is 11.6. The molecular formula is C19H19NO. The lowest BCUT2D eigenvalue weighted by atomic mass is 9.99. The second-order valence-electron chi connectivity index (χ2n) is 5.54. The average molecular weight is 277 g/mol. The number of carbonyl (C=O) groups is 1. The molecule has 1 heterocycles. The van der Waals surface area contributed by atoms with Gasteiger partial charge >= 0.3 is 0 Å². The number of aromatic nitrogens is 1. The van der Waals surface area contributed by atoms with Crippen molar-refractivity contribution in [2.24, 2.45) is 0 Å². The molecule has 106 valence electrons. The molecule has 3 rings (SSSR count). The number of hydrogen-bond acceptors (Lipinski definition) is 1. The summed E-state index contributed by atoms with van der Waals surface area (Å²) in [7, 11) is 0. The SMILES string of the molecule is CCc1cccc2c(C=O)c(-c3ccc(C)cc3C)[nH]c12. The van der Waals surface area contributed by atoms with E-state index < -0.39 is 0 Å². The molecule has 0 unspecified atom stereocenters. The first-order valence-corrected chi connectivity index (χ1v) is 7.32. The Hall–Kier alpha value is -2.35. The van der Waals surface area contributed by atoms with Crippen molar-refractivity contribution < 1.29 is 4.79 Å². The summed E-state index contributed by atoms with van der Waals surface area (Å²) in [5.74, 6) is 0. The molecule has 2 heteroatoms. The number of nitrogens with one attached hydrogen (secondary N) is 1. The van der Waals surface area contributed by atoms with Crippen LogP contribution in [0.5, 0.6) is 0 Å². The quantitative estimate of drug-likeness (QED) is 0.683. The van der Waals surface area contributed by atoms with E-state index in [0.717, 1.165) is 40.4 Å². The molecule has 0 saturated heterocycles. The fourth-order valence-corrected chi connectivity index (χ4v) is 3.02. The Morgan fingerprint density at radius 2 is 1.95 bits per heavy atom. The summed E-state index contributed by atoms with van der Waals surface area (Å²) in [5, 5.41) is 1.01. The highest BCUT2D eigenvalue weighted by atomic mass is 16.1. The third-order valence-corrected chi connectivity index (χ3v) is 4.11. The van der Waals surface area contributed by atoms with E-state index in [4.69, 9.17) is 0 Å². The minimum atomic E-state index is 0.757. The van der Waals surface area contributed by atoms with Gasteiger partial charge < -0.3 is 4.98 Å². The van der Waals surface area contributed by atoms with Crippen molar-refractivity contribution in [2.75, 3.05) is 0 Å². The van der Waals surface area contributed by atoms with Crippen LogP contribution in [0.4, 0.5) is 0 Å². The van der Waals surface area contributed by atoms with Gasteiger partial charge in [0.1, 0.15) is 0 Å². The van der Waals surface area contributed by atoms with E-state index in [1.54, 1.807) is 0 Å². The number of aromatic amines is 1. The predicted molar refractivity (Wildman–Crippen MR) is 88.0 cm³/mol. The van der Waals surface area contributed by atoms with E-state index in [2.05, 4.69) is 50.0 Å². The molecule has 0 aliphatic heterocycles. The van der Waals surface area contributed by atoms with E-state index in [-0.39, 0.29) is 0 Å². The van der Waals surface area contributed by atoms with Crippen molar-refractivity contribution in [1.29, 1.82) is 0 Å². The van der Waals surface area contributed by atoms with Crippen LogP contribution in [0.15, 0.2) is 36.4 Å². The number of aldehydes is 1. The molecule has 21 heavy (non-hydrogen) atoms. The first-order chi connectivity index (χ1) is 10.2. The Labute approximate surface area is 124 Å². The Bertz CT molecular complexity index is 827. The molecule has 2 nitrogen and oxygen atoms in total. The molecule has 1 aromatic heterocycles. The van der Waals surface area contributed by atoms with Gasteiger partial charge in [-0.3, -0.25) is 4.79 Å². The van der Waals surface area contributed by atoms with E-state index in [9.17, 15) is 4.79 Å². The van der Waals surface area contributed by atoms with Crippen LogP contribution in [0.2, 0.25) is 0 Å². The van der Waals surface area contributed by atoms with E-state index in [1.165, 1.54) is 16.7 Å². The van der Waals surface area contributed by atoms with Gasteiger partial charge in [0.25, 0.3) is 0 Å². The monoisotopic (exact) mass is 277 g/mol. The molecule has 2 aromatic carbocycles.